The normalized spacial score (nSPS) is 16.1. The molecule has 2 amide bonds. The number of hydrogen-bond acceptors (Lipinski definition) is 3. The first-order valence-electron chi connectivity index (χ1n) is 5.60. The lowest BCUT2D eigenvalue weighted by molar-refractivity contribution is -0.129. The number of rotatable bonds is 2. The maximum atomic E-state index is 12.2. The number of nitrogens with zero attached hydrogens (tertiary/aromatic N) is 1. The van der Waals surface area contributed by atoms with E-state index in [1.807, 2.05) is 12.1 Å². The van der Waals surface area contributed by atoms with Crippen LogP contribution in [0, 0.1) is 0 Å². The van der Waals surface area contributed by atoms with Crippen LogP contribution >= 0.6 is 0 Å². The topological polar surface area (TPSA) is 63.4 Å². The highest BCUT2D eigenvalue weighted by Crippen LogP contribution is 2.20. The number of imide groups is 1. The van der Waals surface area contributed by atoms with E-state index in [1.165, 1.54) is 4.90 Å². The minimum atomic E-state index is -0.572. The van der Waals surface area contributed by atoms with Gasteiger partial charge in [-0.2, -0.15) is 0 Å². The summed E-state index contributed by atoms with van der Waals surface area (Å²) in [6, 6.07) is 7.21. The highest BCUT2D eigenvalue weighted by Gasteiger charge is 2.33. The van der Waals surface area contributed by atoms with E-state index in [4.69, 9.17) is 5.73 Å². The Morgan fingerprint density at radius 2 is 1.94 bits per heavy atom. The van der Waals surface area contributed by atoms with Crippen molar-refractivity contribution in [2.75, 3.05) is 6.54 Å². The fourth-order valence-electron chi connectivity index (χ4n) is 1.97. The standard InChI is InChI=1S/C13H16N2O2/c1-13(2,14)8-15-11(16)7-9-5-3-4-6-10(9)12(15)17/h3-6H,7-8,14H2,1-2H3. The lowest BCUT2D eigenvalue weighted by Crippen LogP contribution is -2.52. The Bertz CT molecular complexity index is 475. The minimum Gasteiger partial charge on any atom is -0.324 e. The van der Waals surface area contributed by atoms with Gasteiger partial charge in [0.25, 0.3) is 5.91 Å². The highest BCUT2D eigenvalue weighted by atomic mass is 16.2. The Hall–Kier alpha value is -1.68. The third-order valence-electron chi connectivity index (χ3n) is 2.70. The molecule has 1 aromatic carbocycles. The monoisotopic (exact) mass is 232 g/mol. The molecule has 0 aromatic heterocycles. The van der Waals surface area contributed by atoms with E-state index in [-0.39, 0.29) is 24.8 Å². The van der Waals surface area contributed by atoms with Gasteiger partial charge in [0.15, 0.2) is 0 Å². The molecular weight excluding hydrogens is 216 g/mol. The summed E-state index contributed by atoms with van der Waals surface area (Å²) in [5.41, 5.74) is 6.70. The third kappa shape index (κ3) is 2.36. The van der Waals surface area contributed by atoms with Crippen LogP contribution in [0.2, 0.25) is 0 Å². The Morgan fingerprint density at radius 1 is 1.29 bits per heavy atom. The molecule has 0 bridgehead atoms. The maximum absolute atomic E-state index is 12.2. The van der Waals surface area contributed by atoms with E-state index in [1.54, 1.807) is 26.0 Å². The van der Waals surface area contributed by atoms with Crippen molar-refractivity contribution < 1.29 is 9.59 Å². The Kier molecular flexibility index (Phi) is 2.75. The van der Waals surface area contributed by atoms with E-state index in [0.717, 1.165) is 5.56 Å². The summed E-state index contributed by atoms with van der Waals surface area (Å²) in [5.74, 6) is -0.414. The van der Waals surface area contributed by atoms with Gasteiger partial charge >= 0.3 is 0 Å². The van der Waals surface area contributed by atoms with Crippen LogP contribution in [0.15, 0.2) is 24.3 Å². The Balaban J connectivity index is 2.34. The maximum Gasteiger partial charge on any atom is 0.260 e. The van der Waals surface area contributed by atoms with Crippen LogP contribution in [0.5, 0.6) is 0 Å². The number of amides is 2. The smallest absolute Gasteiger partial charge is 0.260 e. The van der Waals surface area contributed by atoms with Crippen molar-refractivity contribution in [3.05, 3.63) is 35.4 Å². The second kappa shape index (κ2) is 3.96. The quantitative estimate of drug-likeness (QED) is 0.772. The summed E-state index contributed by atoms with van der Waals surface area (Å²) in [6.07, 6.45) is 0.276. The van der Waals surface area contributed by atoms with Crippen LogP contribution in [-0.4, -0.2) is 28.8 Å². The Labute approximate surface area is 100 Å². The molecule has 0 fully saturated rings. The fraction of sp³-hybridized carbons (Fsp3) is 0.385. The molecule has 17 heavy (non-hydrogen) atoms. The molecule has 4 heteroatoms. The average Bonchev–Trinajstić information content (AvgIpc) is 2.23. The van der Waals surface area contributed by atoms with E-state index in [9.17, 15) is 9.59 Å². The van der Waals surface area contributed by atoms with Crippen LogP contribution < -0.4 is 5.73 Å². The fourth-order valence-corrected chi connectivity index (χ4v) is 1.97. The van der Waals surface area contributed by atoms with Crippen LogP contribution in [-0.2, 0) is 11.2 Å². The molecule has 1 aliphatic heterocycles. The second-order valence-corrected chi connectivity index (χ2v) is 5.11. The van der Waals surface area contributed by atoms with Crippen LogP contribution in [0.25, 0.3) is 0 Å². The molecule has 1 heterocycles. The third-order valence-corrected chi connectivity index (χ3v) is 2.70. The summed E-state index contributed by atoms with van der Waals surface area (Å²) in [4.78, 5) is 25.3. The first-order valence-corrected chi connectivity index (χ1v) is 5.60. The molecule has 2 N–H and O–H groups in total. The van der Waals surface area contributed by atoms with Crippen molar-refractivity contribution in [1.82, 2.24) is 4.90 Å². The number of carbonyl (C=O) groups excluding carboxylic acids is 2. The van der Waals surface area contributed by atoms with Gasteiger partial charge in [-0.1, -0.05) is 18.2 Å². The summed E-state index contributed by atoms with van der Waals surface area (Å²) in [5, 5.41) is 0. The number of carbonyl (C=O) groups is 2. The van der Waals surface area contributed by atoms with Gasteiger partial charge in [-0.25, -0.2) is 0 Å². The molecule has 0 radical (unpaired) electrons. The lowest BCUT2D eigenvalue weighted by atomic mass is 9.96. The van der Waals surface area contributed by atoms with Crippen LogP contribution in [0.3, 0.4) is 0 Å². The molecule has 1 aromatic rings. The molecule has 0 saturated carbocycles. The molecule has 0 unspecified atom stereocenters. The van der Waals surface area contributed by atoms with Crippen molar-refractivity contribution in [2.24, 2.45) is 5.73 Å². The van der Waals surface area contributed by atoms with Gasteiger partial charge in [0.05, 0.1) is 6.42 Å². The molecule has 0 atom stereocenters. The molecule has 0 aliphatic carbocycles. The number of nitrogens with two attached hydrogens (primary N) is 1. The number of hydrogen-bond donors (Lipinski definition) is 1. The number of fused-ring (bicyclic) bond motifs is 1. The van der Waals surface area contributed by atoms with Crippen molar-refractivity contribution >= 4 is 11.8 Å². The van der Waals surface area contributed by atoms with Gasteiger partial charge in [-0.15, -0.1) is 0 Å². The van der Waals surface area contributed by atoms with Gasteiger partial charge in [-0.3, -0.25) is 14.5 Å². The predicted octanol–water partition coefficient (Wildman–Crippen LogP) is 0.949. The molecule has 1 aliphatic rings. The molecule has 0 spiro atoms. The number of benzene rings is 1. The molecule has 0 saturated heterocycles. The zero-order chi connectivity index (χ0) is 12.6. The van der Waals surface area contributed by atoms with E-state index in [2.05, 4.69) is 0 Å². The van der Waals surface area contributed by atoms with Gasteiger partial charge < -0.3 is 5.73 Å². The van der Waals surface area contributed by atoms with Crippen molar-refractivity contribution in [1.29, 1.82) is 0 Å². The first-order chi connectivity index (χ1) is 7.88. The molecule has 2 rings (SSSR count). The lowest BCUT2D eigenvalue weighted by Gasteiger charge is -2.31. The van der Waals surface area contributed by atoms with Gasteiger partial charge in [0.1, 0.15) is 0 Å². The zero-order valence-corrected chi connectivity index (χ0v) is 10.1. The van der Waals surface area contributed by atoms with Gasteiger partial charge in [0, 0.05) is 17.6 Å². The highest BCUT2D eigenvalue weighted by molar-refractivity contribution is 6.09. The molecular formula is C13H16N2O2. The van der Waals surface area contributed by atoms with Gasteiger partial charge in [0.2, 0.25) is 5.91 Å². The largest absolute Gasteiger partial charge is 0.324 e. The average molecular weight is 232 g/mol. The minimum absolute atomic E-state index is 0.174. The van der Waals surface area contributed by atoms with E-state index in [0.29, 0.717) is 5.56 Å². The SMILES string of the molecule is CC(C)(N)CN1C(=O)Cc2ccccc2C1=O. The van der Waals surface area contributed by atoms with E-state index < -0.39 is 5.54 Å². The van der Waals surface area contributed by atoms with E-state index >= 15 is 0 Å². The van der Waals surface area contributed by atoms with Gasteiger partial charge in [-0.05, 0) is 25.5 Å². The van der Waals surface area contributed by atoms with Crippen molar-refractivity contribution in [3.63, 3.8) is 0 Å². The first kappa shape index (κ1) is 11.8. The Morgan fingerprint density at radius 3 is 2.59 bits per heavy atom. The second-order valence-electron chi connectivity index (χ2n) is 5.11. The zero-order valence-electron chi connectivity index (χ0n) is 10.1. The van der Waals surface area contributed by atoms with Crippen LogP contribution in [0.1, 0.15) is 29.8 Å². The summed E-state index contributed by atoms with van der Waals surface area (Å²) in [7, 11) is 0. The summed E-state index contributed by atoms with van der Waals surface area (Å²) >= 11 is 0. The summed E-state index contributed by atoms with van der Waals surface area (Å²) < 4.78 is 0. The molecule has 4 nitrogen and oxygen atoms in total. The van der Waals surface area contributed by atoms with Crippen molar-refractivity contribution in [3.8, 4) is 0 Å². The molecule has 90 valence electrons. The predicted molar refractivity (Wildman–Crippen MR) is 64.5 cm³/mol. The van der Waals surface area contributed by atoms with Crippen molar-refractivity contribution in [2.45, 2.75) is 25.8 Å². The summed E-state index contributed by atoms with van der Waals surface area (Å²) in [6.45, 7) is 3.85. The van der Waals surface area contributed by atoms with Crippen LogP contribution in [0.4, 0.5) is 0 Å².